The lowest BCUT2D eigenvalue weighted by atomic mass is 9.89. The smallest absolute Gasteiger partial charge is 0.303 e. The molecule has 0 aliphatic carbocycles. The predicted molar refractivity (Wildman–Crippen MR) is 123 cm³/mol. The Balaban J connectivity index is 1.40. The van der Waals surface area contributed by atoms with Crippen LogP contribution in [0.25, 0.3) is 0 Å². The minimum absolute atomic E-state index is 0.0368. The highest BCUT2D eigenvalue weighted by Gasteiger charge is 2.29. The van der Waals surface area contributed by atoms with E-state index in [1.165, 1.54) is 9.87 Å². The standard InChI is InChI=1S/C23H30N4O4S/c28-22(29)10-8-17-12-15-27(16-19-4-1-2-6-21(17)19)32(30,31)25-14-11-20-9-7-18-5-3-13-24-23(18)26-20/h1-2,4,6-7,9,17,25H,3,5,8,10-16H2,(H,24,26)(H,28,29). The lowest BCUT2D eigenvalue weighted by Gasteiger charge is -2.21. The normalized spacial score (nSPS) is 18.8. The van der Waals surface area contributed by atoms with Crippen LogP contribution in [0.15, 0.2) is 36.4 Å². The van der Waals surface area contributed by atoms with Crippen LogP contribution in [0.4, 0.5) is 5.82 Å². The first-order valence-corrected chi connectivity index (χ1v) is 12.6. The minimum Gasteiger partial charge on any atom is -0.481 e. The molecule has 1 aromatic carbocycles. The van der Waals surface area contributed by atoms with E-state index in [-0.39, 0.29) is 25.4 Å². The minimum atomic E-state index is -3.67. The lowest BCUT2D eigenvalue weighted by Crippen LogP contribution is -2.41. The van der Waals surface area contributed by atoms with Crippen molar-refractivity contribution >= 4 is 22.0 Å². The van der Waals surface area contributed by atoms with Gasteiger partial charge < -0.3 is 10.4 Å². The zero-order chi connectivity index (χ0) is 22.6. The Hall–Kier alpha value is -2.49. The molecular formula is C23H30N4O4S. The molecule has 3 N–H and O–H groups in total. The first-order chi connectivity index (χ1) is 15.4. The number of nitrogens with one attached hydrogen (secondary N) is 2. The van der Waals surface area contributed by atoms with Crippen LogP contribution in [-0.2, 0) is 34.4 Å². The van der Waals surface area contributed by atoms with Gasteiger partial charge in [0.25, 0.3) is 10.2 Å². The van der Waals surface area contributed by atoms with E-state index in [9.17, 15) is 13.2 Å². The maximum atomic E-state index is 13.0. The van der Waals surface area contributed by atoms with Gasteiger partial charge in [0.05, 0.1) is 0 Å². The van der Waals surface area contributed by atoms with Crippen molar-refractivity contribution in [1.82, 2.24) is 14.0 Å². The lowest BCUT2D eigenvalue weighted by molar-refractivity contribution is -0.137. The van der Waals surface area contributed by atoms with E-state index < -0.39 is 16.2 Å². The summed E-state index contributed by atoms with van der Waals surface area (Å²) < 4.78 is 30.3. The number of pyridine rings is 1. The molecule has 2 aliphatic heterocycles. The highest BCUT2D eigenvalue weighted by atomic mass is 32.2. The van der Waals surface area contributed by atoms with Gasteiger partial charge in [-0.1, -0.05) is 30.3 Å². The van der Waals surface area contributed by atoms with Gasteiger partial charge in [0.1, 0.15) is 5.82 Å². The number of anilines is 1. The van der Waals surface area contributed by atoms with Gasteiger partial charge in [-0.2, -0.15) is 12.7 Å². The fourth-order valence-electron chi connectivity index (χ4n) is 4.51. The molecule has 2 aliphatic rings. The molecular weight excluding hydrogens is 428 g/mol. The second kappa shape index (κ2) is 9.97. The van der Waals surface area contributed by atoms with Crippen LogP contribution in [0.5, 0.6) is 0 Å². The van der Waals surface area contributed by atoms with E-state index in [0.29, 0.717) is 25.8 Å². The van der Waals surface area contributed by atoms with E-state index in [2.05, 4.69) is 21.1 Å². The molecule has 0 fully saturated rings. The first-order valence-electron chi connectivity index (χ1n) is 11.2. The average Bonchev–Trinajstić information content (AvgIpc) is 2.97. The highest BCUT2D eigenvalue weighted by molar-refractivity contribution is 7.87. The largest absolute Gasteiger partial charge is 0.481 e. The van der Waals surface area contributed by atoms with Gasteiger partial charge in [-0.25, -0.2) is 9.71 Å². The van der Waals surface area contributed by atoms with E-state index in [1.807, 2.05) is 30.3 Å². The molecule has 4 rings (SSSR count). The quantitative estimate of drug-likeness (QED) is 0.561. The molecule has 0 spiro atoms. The zero-order valence-corrected chi connectivity index (χ0v) is 18.9. The van der Waals surface area contributed by atoms with Gasteiger partial charge in [0.15, 0.2) is 0 Å². The molecule has 0 amide bonds. The molecule has 0 radical (unpaired) electrons. The van der Waals surface area contributed by atoms with Gasteiger partial charge in [0, 0.05) is 44.7 Å². The van der Waals surface area contributed by atoms with E-state index in [1.54, 1.807) is 0 Å². The Morgan fingerprint density at radius 2 is 2.06 bits per heavy atom. The van der Waals surface area contributed by atoms with Crippen molar-refractivity contribution in [3.05, 3.63) is 58.8 Å². The molecule has 9 heteroatoms. The Morgan fingerprint density at radius 1 is 1.22 bits per heavy atom. The third-order valence-corrected chi connectivity index (χ3v) is 7.79. The van der Waals surface area contributed by atoms with E-state index >= 15 is 0 Å². The molecule has 2 aromatic rings. The number of aryl methyl sites for hydroxylation is 1. The summed E-state index contributed by atoms with van der Waals surface area (Å²) >= 11 is 0. The average molecular weight is 459 g/mol. The van der Waals surface area contributed by atoms with Crippen molar-refractivity contribution in [2.24, 2.45) is 0 Å². The predicted octanol–water partition coefficient (Wildman–Crippen LogP) is 2.67. The summed E-state index contributed by atoms with van der Waals surface area (Å²) in [6.07, 6.45) is 3.82. The van der Waals surface area contributed by atoms with Gasteiger partial charge in [-0.15, -0.1) is 0 Å². The maximum Gasteiger partial charge on any atom is 0.303 e. The number of fused-ring (bicyclic) bond motifs is 2. The van der Waals surface area contributed by atoms with E-state index in [4.69, 9.17) is 5.11 Å². The molecule has 1 atom stereocenters. The topological polar surface area (TPSA) is 112 Å². The number of aliphatic carboxylic acids is 1. The highest BCUT2D eigenvalue weighted by Crippen LogP contribution is 2.32. The van der Waals surface area contributed by atoms with Crippen LogP contribution in [0.1, 0.15) is 54.0 Å². The molecule has 32 heavy (non-hydrogen) atoms. The fourth-order valence-corrected chi connectivity index (χ4v) is 5.71. The first kappa shape index (κ1) is 22.7. The number of hydrogen-bond acceptors (Lipinski definition) is 5. The summed E-state index contributed by atoms with van der Waals surface area (Å²) in [7, 11) is -3.67. The molecule has 8 nitrogen and oxygen atoms in total. The van der Waals surface area contributed by atoms with Gasteiger partial charge in [-0.05, 0) is 54.4 Å². The van der Waals surface area contributed by atoms with Crippen LogP contribution in [0, 0.1) is 0 Å². The van der Waals surface area contributed by atoms with Crippen molar-refractivity contribution in [2.75, 3.05) is 25.0 Å². The van der Waals surface area contributed by atoms with Crippen LogP contribution >= 0.6 is 0 Å². The van der Waals surface area contributed by atoms with Crippen LogP contribution in [0.3, 0.4) is 0 Å². The Morgan fingerprint density at radius 3 is 2.91 bits per heavy atom. The maximum absolute atomic E-state index is 13.0. The van der Waals surface area contributed by atoms with Crippen LogP contribution < -0.4 is 10.0 Å². The van der Waals surface area contributed by atoms with Crippen molar-refractivity contribution in [3.8, 4) is 0 Å². The van der Waals surface area contributed by atoms with Crippen molar-refractivity contribution in [1.29, 1.82) is 0 Å². The zero-order valence-electron chi connectivity index (χ0n) is 18.1. The number of hydrogen-bond donors (Lipinski definition) is 3. The van der Waals surface area contributed by atoms with Gasteiger partial charge >= 0.3 is 5.97 Å². The van der Waals surface area contributed by atoms with Crippen molar-refractivity contribution < 1.29 is 18.3 Å². The molecule has 1 unspecified atom stereocenters. The second-order valence-corrected chi connectivity index (χ2v) is 10.2. The number of rotatable bonds is 8. The number of aromatic nitrogens is 1. The summed E-state index contributed by atoms with van der Waals surface area (Å²) in [4.78, 5) is 15.7. The molecule has 0 saturated heterocycles. The number of nitrogens with zero attached hydrogens (tertiary/aromatic N) is 2. The number of carboxylic acids is 1. The Bertz CT molecular complexity index is 1070. The molecule has 172 valence electrons. The van der Waals surface area contributed by atoms with Gasteiger partial charge in [-0.3, -0.25) is 4.79 Å². The third-order valence-electron chi connectivity index (χ3n) is 6.23. The van der Waals surface area contributed by atoms with E-state index in [0.717, 1.165) is 42.0 Å². The number of carboxylic acid groups (broad SMARTS) is 1. The fraction of sp³-hybridized carbons (Fsp3) is 0.478. The van der Waals surface area contributed by atoms with Gasteiger partial charge in [0.2, 0.25) is 0 Å². The number of carbonyl (C=O) groups is 1. The van der Waals surface area contributed by atoms with Crippen LogP contribution in [0.2, 0.25) is 0 Å². The monoisotopic (exact) mass is 458 g/mol. The molecule has 1 aromatic heterocycles. The summed E-state index contributed by atoms with van der Waals surface area (Å²) in [6, 6.07) is 11.8. The van der Waals surface area contributed by atoms with Crippen LogP contribution in [-0.4, -0.2) is 48.4 Å². The summed E-state index contributed by atoms with van der Waals surface area (Å²) in [5.74, 6) is 0.117. The van der Waals surface area contributed by atoms with Crippen molar-refractivity contribution in [2.45, 2.75) is 51.0 Å². The third kappa shape index (κ3) is 5.46. The summed E-state index contributed by atoms with van der Waals surface area (Å²) in [5.41, 5.74) is 4.06. The Kier molecular flexibility index (Phi) is 7.07. The Labute approximate surface area is 189 Å². The second-order valence-electron chi connectivity index (χ2n) is 8.44. The SMILES string of the molecule is O=C(O)CCC1CCN(S(=O)(=O)NCCc2ccc3c(n2)NCCC3)Cc2ccccc21. The number of benzene rings is 1. The molecule has 3 heterocycles. The summed E-state index contributed by atoms with van der Waals surface area (Å²) in [6.45, 7) is 1.83. The molecule has 0 saturated carbocycles. The molecule has 0 bridgehead atoms. The van der Waals surface area contributed by atoms with Crippen molar-refractivity contribution in [3.63, 3.8) is 0 Å². The summed E-state index contributed by atoms with van der Waals surface area (Å²) in [5, 5.41) is 12.4.